The molecule has 1 saturated carbocycles. The molecule has 1 aromatic carbocycles. The lowest BCUT2D eigenvalue weighted by atomic mass is 9.82. The number of carbonyl (C=O) groups is 3. The van der Waals surface area contributed by atoms with Crippen molar-refractivity contribution in [2.75, 3.05) is 34.2 Å². The standard InChI is InChI=1S/C36H50N4O5/c1-7-16-31(41)34(43)30(24-27-19-14-11-15-20-27)37-36(45)33(28(8-2)9-3)38-35(44)29(23-26-17-12-10-13-18-26)25-32(42)40(6)22-21-39(4)5/h1-3,10,12-13,17-18,27-31,33-34,41,43H,11,14-16,19-25H2,4-6H3,(H,37,45)(H,38,44). The Morgan fingerprint density at radius 2 is 1.58 bits per heavy atom. The van der Waals surface area contributed by atoms with Gasteiger partial charge in [-0.15, -0.1) is 25.2 Å². The van der Waals surface area contributed by atoms with E-state index in [0.717, 1.165) is 37.7 Å². The van der Waals surface area contributed by atoms with E-state index in [2.05, 4.69) is 28.4 Å². The molecule has 3 amide bonds. The zero-order chi connectivity index (χ0) is 33.4. The van der Waals surface area contributed by atoms with E-state index in [1.807, 2.05) is 49.3 Å². The molecule has 4 N–H and O–H groups in total. The topological polar surface area (TPSA) is 122 Å². The number of aliphatic hydroxyl groups excluding tert-OH is 2. The molecule has 0 saturated heterocycles. The van der Waals surface area contributed by atoms with Crippen LogP contribution in [0.15, 0.2) is 30.3 Å². The van der Waals surface area contributed by atoms with Crippen LogP contribution in [0, 0.1) is 54.8 Å². The lowest BCUT2D eigenvalue weighted by Gasteiger charge is -2.33. The van der Waals surface area contributed by atoms with Crippen LogP contribution in [0.4, 0.5) is 0 Å². The zero-order valence-electron chi connectivity index (χ0n) is 27.0. The summed E-state index contributed by atoms with van der Waals surface area (Å²) in [7, 11) is 5.52. The van der Waals surface area contributed by atoms with Crippen LogP contribution in [-0.4, -0.2) is 96.3 Å². The maximum Gasteiger partial charge on any atom is 0.245 e. The molecule has 1 fully saturated rings. The Hall–Kier alpha value is -3.81. The van der Waals surface area contributed by atoms with Gasteiger partial charge in [0.2, 0.25) is 17.7 Å². The summed E-state index contributed by atoms with van der Waals surface area (Å²) < 4.78 is 0. The van der Waals surface area contributed by atoms with Gasteiger partial charge < -0.3 is 30.6 Å². The van der Waals surface area contributed by atoms with E-state index >= 15 is 0 Å². The predicted octanol–water partition coefficient (Wildman–Crippen LogP) is 1.82. The lowest BCUT2D eigenvalue weighted by molar-refractivity contribution is -0.137. The molecule has 0 bridgehead atoms. The number of hydrogen-bond acceptors (Lipinski definition) is 6. The molecule has 2 rings (SSSR count). The lowest BCUT2D eigenvalue weighted by Crippen LogP contribution is -2.57. The average molecular weight is 619 g/mol. The third-order valence-corrected chi connectivity index (χ3v) is 8.47. The van der Waals surface area contributed by atoms with Crippen LogP contribution in [-0.2, 0) is 20.8 Å². The Kier molecular flexibility index (Phi) is 16.2. The molecule has 5 atom stereocenters. The van der Waals surface area contributed by atoms with Crippen molar-refractivity contribution in [1.82, 2.24) is 20.4 Å². The van der Waals surface area contributed by atoms with Crippen LogP contribution in [0.5, 0.6) is 0 Å². The van der Waals surface area contributed by atoms with Crippen molar-refractivity contribution in [3.63, 3.8) is 0 Å². The molecule has 9 nitrogen and oxygen atoms in total. The van der Waals surface area contributed by atoms with Gasteiger partial charge in [0.1, 0.15) is 18.1 Å². The van der Waals surface area contributed by atoms with Gasteiger partial charge in [0, 0.05) is 33.0 Å². The number of hydrogen-bond donors (Lipinski definition) is 4. The minimum absolute atomic E-state index is 0.0862. The highest BCUT2D eigenvalue weighted by Gasteiger charge is 2.36. The van der Waals surface area contributed by atoms with Gasteiger partial charge in [-0.2, -0.15) is 0 Å². The first-order valence-corrected chi connectivity index (χ1v) is 15.8. The van der Waals surface area contributed by atoms with Crippen molar-refractivity contribution in [1.29, 1.82) is 0 Å². The molecule has 5 unspecified atom stereocenters. The Morgan fingerprint density at radius 1 is 0.933 bits per heavy atom. The molecule has 0 spiro atoms. The van der Waals surface area contributed by atoms with Crippen molar-refractivity contribution >= 4 is 17.7 Å². The monoisotopic (exact) mass is 618 g/mol. The molecule has 0 aliphatic heterocycles. The van der Waals surface area contributed by atoms with Crippen molar-refractivity contribution in [3.05, 3.63) is 35.9 Å². The first kappa shape index (κ1) is 37.4. The third kappa shape index (κ3) is 12.6. The third-order valence-electron chi connectivity index (χ3n) is 8.47. The molecule has 1 aromatic rings. The van der Waals surface area contributed by atoms with E-state index in [0.29, 0.717) is 19.5 Å². The summed E-state index contributed by atoms with van der Waals surface area (Å²) in [6.07, 6.45) is 19.8. The minimum atomic E-state index is -1.34. The molecule has 0 aromatic heterocycles. The number of nitrogens with zero attached hydrogens (tertiary/aromatic N) is 2. The molecule has 0 radical (unpaired) electrons. The summed E-state index contributed by atoms with van der Waals surface area (Å²) in [5, 5.41) is 27.1. The van der Waals surface area contributed by atoms with E-state index in [-0.39, 0.29) is 31.1 Å². The van der Waals surface area contributed by atoms with Gasteiger partial charge >= 0.3 is 0 Å². The second-order valence-electron chi connectivity index (χ2n) is 12.3. The van der Waals surface area contributed by atoms with E-state index < -0.39 is 47.9 Å². The van der Waals surface area contributed by atoms with Gasteiger partial charge in [-0.25, -0.2) is 0 Å². The molecule has 9 heteroatoms. The van der Waals surface area contributed by atoms with Gasteiger partial charge in [0.05, 0.1) is 18.1 Å². The van der Waals surface area contributed by atoms with Gasteiger partial charge in [-0.1, -0.05) is 74.3 Å². The second kappa shape index (κ2) is 19.6. The molecular weight excluding hydrogens is 568 g/mol. The maximum atomic E-state index is 13.8. The Balaban J connectivity index is 2.32. The van der Waals surface area contributed by atoms with Crippen LogP contribution in [0.3, 0.4) is 0 Å². The quantitative estimate of drug-likeness (QED) is 0.198. The van der Waals surface area contributed by atoms with Crippen molar-refractivity contribution in [3.8, 4) is 37.0 Å². The van der Waals surface area contributed by atoms with E-state index in [4.69, 9.17) is 19.3 Å². The Morgan fingerprint density at radius 3 is 2.16 bits per heavy atom. The number of rotatable bonds is 17. The maximum absolute atomic E-state index is 13.8. The summed E-state index contributed by atoms with van der Waals surface area (Å²) in [4.78, 5) is 44.4. The number of likely N-dealkylation sites (N-methyl/N-ethyl adjacent to an activating group) is 2. The highest BCUT2D eigenvalue weighted by Crippen LogP contribution is 2.29. The summed E-state index contributed by atoms with van der Waals surface area (Å²) in [5.41, 5.74) is 0.853. The zero-order valence-corrected chi connectivity index (χ0v) is 27.0. The number of benzene rings is 1. The summed E-state index contributed by atoms with van der Waals surface area (Å²) in [5.74, 6) is 4.07. The van der Waals surface area contributed by atoms with Gasteiger partial charge in [-0.05, 0) is 38.4 Å². The van der Waals surface area contributed by atoms with E-state index in [1.54, 1.807) is 11.9 Å². The summed E-state index contributed by atoms with van der Waals surface area (Å²) in [6, 6.07) is 7.13. The Bertz CT molecular complexity index is 1190. The van der Waals surface area contributed by atoms with Gasteiger partial charge in [-0.3, -0.25) is 14.4 Å². The Labute approximate surface area is 269 Å². The molecule has 244 valence electrons. The van der Waals surface area contributed by atoms with Gasteiger partial charge in [0.25, 0.3) is 0 Å². The number of carbonyl (C=O) groups excluding carboxylic acids is 3. The summed E-state index contributed by atoms with van der Waals surface area (Å²) in [6.45, 7) is 1.15. The fourth-order valence-electron chi connectivity index (χ4n) is 5.66. The van der Waals surface area contributed by atoms with Crippen molar-refractivity contribution in [2.24, 2.45) is 17.8 Å². The number of terminal acetylenes is 3. The van der Waals surface area contributed by atoms with Gasteiger partial charge in [0.15, 0.2) is 0 Å². The van der Waals surface area contributed by atoms with Crippen LogP contribution in [0.2, 0.25) is 0 Å². The normalized spacial score (nSPS) is 16.7. The molecule has 45 heavy (non-hydrogen) atoms. The number of aliphatic hydroxyl groups is 2. The van der Waals surface area contributed by atoms with Crippen molar-refractivity contribution < 1.29 is 24.6 Å². The number of amides is 3. The molecular formula is C36H50N4O5. The molecule has 1 aliphatic carbocycles. The number of nitrogens with one attached hydrogen (secondary N) is 2. The van der Waals surface area contributed by atoms with Crippen LogP contribution in [0.1, 0.15) is 56.9 Å². The first-order valence-electron chi connectivity index (χ1n) is 15.8. The van der Waals surface area contributed by atoms with E-state index in [9.17, 15) is 24.6 Å². The fraction of sp³-hybridized carbons (Fsp3) is 0.583. The highest BCUT2D eigenvalue weighted by molar-refractivity contribution is 5.91. The van der Waals surface area contributed by atoms with Crippen LogP contribution >= 0.6 is 0 Å². The summed E-state index contributed by atoms with van der Waals surface area (Å²) >= 11 is 0. The van der Waals surface area contributed by atoms with E-state index in [1.165, 1.54) is 0 Å². The minimum Gasteiger partial charge on any atom is -0.389 e. The fourth-order valence-corrected chi connectivity index (χ4v) is 5.66. The average Bonchev–Trinajstić information content (AvgIpc) is 3.03. The predicted molar refractivity (Wildman–Crippen MR) is 176 cm³/mol. The van der Waals surface area contributed by atoms with Crippen molar-refractivity contribution in [2.45, 2.75) is 82.1 Å². The molecule has 0 heterocycles. The van der Waals surface area contributed by atoms with Crippen LogP contribution in [0.25, 0.3) is 0 Å². The smallest absolute Gasteiger partial charge is 0.245 e. The molecule has 1 aliphatic rings. The largest absolute Gasteiger partial charge is 0.389 e. The second-order valence-corrected chi connectivity index (χ2v) is 12.3. The highest BCUT2D eigenvalue weighted by atomic mass is 16.3. The van der Waals surface area contributed by atoms with Crippen LogP contribution < -0.4 is 10.6 Å². The SMILES string of the molecule is C#CCC(O)C(O)C(CC1CCCCC1)NC(=O)C(NC(=O)C(CC(=O)N(C)CCN(C)C)Cc1ccccc1)C(C#C)C#C. The first-order chi connectivity index (χ1) is 21.5.